The summed E-state index contributed by atoms with van der Waals surface area (Å²) in [4.78, 5) is 12.6. The van der Waals surface area contributed by atoms with Gasteiger partial charge in [-0.1, -0.05) is 30.3 Å². The highest BCUT2D eigenvalue weighted by molar-refractivity contribution is 7.92. The van der Waals surface area contributed by atoms with E-state index in [2.05, 4.69) is 0 Å². The van der Waals surface area contributed by atoms with Crippen LogP contribution in [-0.4, -0.2) is 38.9 Å². The zero-order valence-electron chi connectivity index (χ0n) is 14.6. The molecule has 0 saturated heterocycles. The number of nitrogens with two attached hydrogens (primary N) is 1. The van der Waals surface area contributed by atoms with Crippen LogP contribution in [0, 0.1) is 0 Å². The van der Waals surface area contributed by atoms with Crippen LogP contribution in [0.2, 0.25) is 0 Å². The highest BCUT2D eigenvalue weighted by Crippen LogP contribution is 2.56. The summed E-state index contributed by atoms with van der Waals surface area (Å²) in [6.07, 6.45) is 0. The monoisotopic (exact) mass is 375 g/mol. The molecule has 7 heteroatoms. The summed E-state index contributed by atoms with van der Waals surface area (Å²) in [7, 11) is -2.26. The number of hydrogen-bond acceptors (Lipinski definition) is 6. The van der Waals surface area contributed by atoms with Gasteiger partial charge in [0, 0.05) is 5.92 Å². The topological polar surface area (TPSA) is 95.7 Å². The molecule has 6 nitrogen and oxygen atoms in total. The zero-order chi connectivity index (χ0) is 18.9. The van der Waals surface area contributed by atoms with Gasteiger partial charge >= 0.3 is 5.97 Å². The van der Waals surface area contributed by atoms with Crippen molar-refractivity contribution in [2.24, 2.45) is 5.73 Å². The van der Waals surface area contributed by atoms with Crippen molar-refractivity contribution in [3.05, 3.63) is 60.2 Å². The van der Waals surface area contributed by atoms with Gasteiger partial charge in [-0.25, -0.2) is 13.2 Å². The number of carbonyl (C=O) groups is 1. The maximum absolute atomic E-state index is 13.1. The van der Waals surface area contributed by atoms with E-state index in [0.29, 0.717) is 11.3 Å². The lowest BCUT2D eigenvalue weighted by Gasteiger charge is -2.11. The van der Waals surface area contributed by atoms with Gasteiger partial charge < -0.3 is 15.2 Å². The molecule has 3 rings (SSSR count). The van der Waals surface area contributed by atoms with E-state index < -0.39 is 32.5 Å². The Morgan fingerprint density at radius 3 is 2.27 bits per heavy atom. The maximum Gasteiger partial charge on any atom is 0.328 e. The Morgan fingerprint density at radius 2 is 1.73 bits per heavy atom. The number of benzene rings is 2. The van der Waals surface area contributed by atoms with Gasteiger partial charge in [-0.3, -0.25) is 0 Å². The highest BCUT2D eigenvalue weighted by atomic mass is 32.2. The van der Waals surface area contributed by atoms with Gasteiger partial charge in [0.1, 0.15) is 16.5 Å². The fraction of sp³-hybridized carbons (Fsp3) is 0.316. The van der Waals surface area contributed by atoms with Crippen molar-refractivity contribution < 1.29 is 22.7 Å². The molecule has 0 unspecified atom stereocenters. The van der Waals surface area contributed by atoms with Crippen LogP contribution in [0.15, 0.2) is 59.5 Å². The van der Waals surface area contributed by atoms with Crippen molar-refractivity contribution >= 4 is 15.8 Å². The van der Waals surface area contributed by atoms with Gasteiger partial charge in [0.2, 0.25) is 0 Å². The zero-order valence-corrected chi connectivity index (χ0v) is 15.4. The van der Waals surface area contributed by atoms with Crippen molar-refractivity contribution in [2.75, 3.05) is 13.7 Å². The minimum absolute atomic E-state index is 0.130. The van der Waals surface area contributed by atoms with E-state index in [0.717, 1.165) is 0 Å². The molecule has 2 N–H and O–H groups in total. The third-order valence-corrected chi connectivity index (χ3v) is 6.95. The van der Waals surface area contributed by atoms with Crippen LogP contribution in [-0.2, 0) is 19.4 Å². The van der Waals surface area contributed by atoms with Crippen LogP contribution < -0.4 is 10.5 Å². The van der Waals surface area contributed by atoms with E-state index in [1.54, 1.807) is 56.5 Å². The van der Waals surface area contributed by atoms with Crippen LogP contribution in [0.1, 0.15) is 18.4 Å². The first-order valence-corrected chi connectivity index (χ1v) is 9.81. The molecule has 0 radical (unpaired) electrons. The Bertz CT molecular complexity index is 895. The van der Waals surface area contributed by atoms with Gasteiger partial charge in [0.05, 0.1) is 18.6 Å². The highest BCUT2D eigenvalue weighted by Gasteiger charge is 2.74. The summed E-state index contributed by atoms with van der Waals surface area (Å²) in [5.41, 5.74) is 5.35. The van der Waals surface area contributed by atoms with E-state index >= 15 is 0 Å². The second-order valence-electron chi connectivity index (χ2n) is 6.18. The second-order valence-corrected chi connectivity index (χ2v) is 8.25. The number of carbonyl (C=O) groups excluding carboxylic acids is 1. The van der Waals surface area contributed by atoms with E-state index in [1.165, 1.54) is 12.1 Å². The van der Waals surface area contributed by atoms with Gasteiger partial charge in [-0.15, -0.1) is 0 Å². The molecular formula is C19H21NO5S. The summed E-state index contributed by atoms with van der Waals surface area (Å²) < 4.78 is 36.4. The number of sulfone groups is 1. The average molecular weight is 375 g/mol. The number of ether oxygens (including phenoxy) is 2. The number of rotatable bonds is 6. The third kappa shape index (κ3) is 2.87. The van der Waals surface area contributed by atoms with E-state index in [9.17, 15) is 13.2 Å². The first-order chi connectivity index (χ1) is 12.4. The van der Waals surface area contributed by atoms with Gasteiger partial charge in [-0.05, 0) is 36.8 Å². The molecule has 0 heterocycles. The Labute approximate surface area is 152 Å². The lowest BCUT2D eigenvalue weighted by Crippen LogP contribution is -2.41. The number of esters is 1. The molecular weight excluding hydrogens is 354 g/mol. The Balaban J connectivity index is 2.04. The molecule has 1 saturated carbocycles. The molecule has 0 bridgehead atoms. The molecule has 1 fully saturated rings. The molecule has 0 amide bonds. The lowest BCUT2D eigenvalue weighted by atomic mass is 10.1. The van der Waals surface area contributed by atoms with Crippen molar-refractivity contribution in [1.29, 1.82) is 0 Å². The maximum atomic E-state index is 13.1. The third-order valence-electron chi connectivity index (χ3n) is 4.69. The van der Waals surface area contributed by atoms with E-state index in [4.69, 9.17) is 15.2 Å². The van der Waals surface area contributed by atoms with Crippen molar-refractivity contribution in [1.82, 2.24) is 0 Å². The Hall–Kier alpha value is -2.38. The van der Waals surface area contributed by atoms with Gasteiger partial charge in [0.25, 0.3) is 0 Å². The normalized spacial score (nSPS) is 24.7. The summed E-state index contributed by atoms with van der Waals surface area (Å²) in [5.74, 6) is -0.751. The molecule has 0 aliphatic heterocycles. The largest absolute Gasteiger partial charge is 0.497 e. The molecule has 0 aromatic heterocycles. The average Bonchev–Trinajstić information content (AvgIpc) is 3.31. The molecule has 138 valence electrons. The molecule has 3 atom stereocenters. The van der Waals surface area contributed by atoms with Crippen LogP contribution >= 0.6 is 0 Å². The summed E-state index contributed by atoms with van der Waals surface area (Å²) >= 11 is 0. The van der Waals surface area contributed by atoms with Crippen LogP contribution in [0.25, 0.3) is 0 Å². The lowest BCUT2D eigenvalue weighted by molar-refractivity contribution is -0.145. The minimum Gasteiger partial charge on any atom is -0.497 e. The van der Waals surface area contributed by atoms with Crippen LogP contribution in [0.5, 0.6) is 5.75 Å². The van der Waals surface area contributed by atoms with Gasteiger partial charge in [-0.2, -0.15) is 0 Å². The van der Waals surface area contributed by atoms with Crippen molar-refractivity contribution in [2.45, 2.75) is 28.5 Å². The van der Waals surface area contributed by atoms with E-state index in [1.807, 2.05) is 0 Å². The molecule has 2 aromatic carbocycles. The summed E-state index contributed by atoms with van der Waals surface area (Å²) in [6.45, 7) is 1.79. The van der Waals surface area contributed by atoms with Gasteiger partial charge in [0.15, 0.2) is 9.84 Å². The molecule has 0 spiro atoms. The SMILES string of the molecule is CCOC(=O)[C@]1(N)[C@@H](c2ccc(OC)cc2)[C@@H]1S(=O)(=O)c1ccccc1. The molecule has 1 aliphatic carbocycles. The van der Waals surface area contributed by atoms with Crippen LogP contribution in [0.3, 0.4) is 0 Å². The summed E-state index contributed by atoms with van der Waals surface area (Å²) in [5, 5.41) is -1.08. The first kappa shape index (κ1) is 18.4. The first-order valence-electron chi connectivity index (χ1n) is 8.26. The number of methoxy groups -OCH3 is 1. The van der Waals surface area contributed by atoms with Crippen molar-refractivity contribution in [3.8, 4) is 5.75 Å². The Morgan fingerprint density at radius 1 is 1.12 bits per heavy atom. The predicted octanol–water partition coefficient (Wildman–Crippen LogP) is 1.90. The second kappa shape index (κ2) is 6.74. The van der Waals surface area contributed by atoms with Crippen LogP contribution in [0.4, 0.5) is 0 Å². The quantitative estimate of drug-likeness (QED) is 0.775. The fourth-order valence-corrected chi connectivity index (χ4v) is 5.58. The molecule has 26 heavy (non-hydrogen) atoms. The minimum atomic E-state index is -3.81. The number of hydrogen-bond donors (Lipinski definition) is 1. The van der Waals surface area contributed by atoms with Crippen molar-refractivity contribution in [3.63, 3.8) is 0 Å². The standard InChI is InChI=1S/C19H21NO5S/c1-3-25-18(21)19(20)16(13-9-11-14(24-2)12-10-13)17(19)26(22,23)15-7-5-4-6-8-15/h4-12,16-17H,3,20H2,1-2H3/t16-,17-,19-/m0/s1. The fourth-order valence-electron chi connectivity index (χ4n) is 3.33. The summed E-state index contributed by atoms with van der Waals surface area (Å²) in [6, 6.07) is 14.9. The van der Waals surface area contributed by atoms with E-state index in [-0.39, 0.29) is 11.5 Å². The molecule has 2 aromatic rings. The predicted molar refractivity (Wildman–Crippen MR) is 96.7 cm³/mol. The molecule has 1 aliphatic rings. The smallest absolute Gasteiger partial charge is 0.328 e. The Kier molecular flexibility index (Phi) is 4.77.